The van der Waals surface area contributed by atoms with E-state index < -0.39 is 5.69 Å². The summed E-state index contributed by atoms with van der Waals surface area (Å²) in [5, 5.41) is 4.54. The number of hydrazine groups is 1. The Kier molecular flexibility index (Phi) is 1.31. The van der Waals surface area contributed by atoms with Crippen LogP contribution < -0.4 is 17.1 Å². The Morgan fingerprint density at radius 1 is 1.58 bits per heavy atom. The summed E-state index contributed by atoms with van der Waals surface area (Å²) >= 11 is 0. The molecule has 2 rings (SSSR count). The molecule has 0 fully saturated rings. The summed E-state index contributed by atoms with van der Waals surface area (Å²) in [5.74, 6) is 5.12. The molecule has 0 aliphatic carbocycles. The van der Waals surface area contributed by atoms with Crippen molar-refractivity contribution in [3.8, 4) is 0 Å². The van der Waals surface area contributed by atoms with Crippen molar-refractivity contribution in [2.24, 2.45) is 5.84 Å². The van der Waals surface area contributed by atoms with Crippen molar-refractivity contribution in [3.05, 3.63) is 22.9 Å². The minimum atomic E-state index is -0.431. The highest BCUT2D eigenvalue weighted by atomic mass is 16.1. The number of aromatic nitrogens is 4. The summed E-state index contributed by atoms with van der Waals surface area (Å²) in [6.45, 7) is 0. The number of aromatic amines is 1. The molecule has 0 saturated carbocycles. The van der Waals surface area contributed by atoms with Crippen LogP contribution in [0.2, 0.25) is 0 Å². The third kappa shape index (κ3) is 0.839. The molecule has 0 radical (unpaired) electrons. The van der Waals surface area contributed by atoms with Crippen LogP contribution in [0.3, 0.4) is 0 Å². The van der Waals surface area contributed by atoms with Gasteiger partial charge in [0.25, 0.3) is 0 Å². The molecule has 7 heteroatoms. The lowest BCUT2D eigenvalue weighted by Gasteiger charge is -1.97. The molecule has 62 valence electrons. The van der Waals surface area contributed by atoms with Crippen molar-refractivity contribution < 1.29 is 0 Å². The van der Waals surface area contributed by atoms with Gasteiger partial charge in [0, 0.05) is 6.20 Å². The van der Waals surface area contributed by atoms with Crippen LogP contribution in [0.5, 0.6) is 0 Å². The molecule has 0 spiro atoms. The van der Waals surface area contributed by atoms with Crippen LogP contribution in [0.25, 0.3) is 11.0 Å². The van der Waals surface area contributed by atoms with Crippen LogP contribution in [0.15, 0.2) is 17.2 Å². The maximum atomic E-state index is 10.8. The molecule has 2 aromatic rings. The van der Waals surface area contributed by atoms with Gasteiger partial charge in [-0.25, -0.2) is 21.2 Å². The van der Waals surface area contributed by atoms with Gasteiger partial charge in [-0.15, -0.1) is 4.79 Å². The van der Waals surface area contributed by atoms with E-state index in [0.29, 0.717) is 11.0 Å². The molecule has 0 aromatic carbocycles. The molecule has 0 bridgehead atoms. The quantitative estimate of drug-likeness (QED) is 0.355. The van der Waals surface area contributed by atoms with E-state index in [9.17, 15) is 4.79 Å². The van der Waals surface area contributed by atoms with Crippen molar-refractivity contribution in [3.63, 3.8) is 0 Å². The largest absolute Gasteiger partial charge is 0.346 e. The number of hydrogen-bond donors (Lipinski definition) is 3. The van der Waals surface area contributed by atoms with Gasteiger partial charge in [0.2, 0.25) is 0 Å². The van der Waals surface area contributed by atoms with Gasteiger partial charge in [-0.1, -0.05) is 0 Å². The Morgan fingerprint density at radius 3 is 3.17 bits per heavy atom. The lowest BCUT2D eigenvalue weighted by atomic mass is 10.4. The van der Waals surface area contributed by atoms with Crippen LogP contribution >= 0.6 is 0 Å². The van der Waals surface area contributed by atoms with Gasteiger partial charge in [0.05, 0.1) is 11.6 Å². The van der Waals surface area contributed by atoms with Crippen molar-refractivity contribution in [2.75, 3.05) is 5.53 Å². The number of nitrogens with two attached hydrogens (primary N) is 1. The zero-order valence-electron chi connectivity index (χ0n) is 5.98. The first-order valence-corrected chi connectivity index (χ1v) is 3.21. The highest BCUT2D eigenvalue weighted by Crippen LogP contribution is 2.03. The molecule has 0 amide bonds. The van der Waals surface area contributed by atoms with Crippen molar-refractivity contribution in [1.29, 1.82) is 0 Å². The van der Waals surface area contributed by atoms with Gasteiger partial charge >= 0.3 is 5.69 Å². The molecule has 0 saturated heterocycles. The minimum absolute atomic E-state index is 0.431. The van der Waals surface area contributed by atoms with Crippen LogP contribution in [0.1, 0.15) is 0 Å². The molecule has 0 atom stereocenters. The lowest BCUT2D eigenvalue weighted by molar-refractivity contribution is 0.768. The average molecular weight is 166 g/mol. The average Bonchev–Trinajstić information content (AvgIpc) is 2.46. The van der Waals surface area contributed by atoms with E-state index >= 15 is 0 Å². The first kappa shape index (κ1) is 6.80. The lowest BCUT2D eigenvalue weighted by Crippen LogP contribution is -2.24. The molecule has 0 aliphatic rings. The molecule has 0 aliphatic heterocycles. The SMILES string of the molecule is NNn1ncc2cnc(=O)[nH]c21. The summed E-state index contributed by atoms with van der Waals surface area (Å²) in [5.41, 5.74) is 2.35. The van der Waals surface area contributed by atoms with E-state index in [0.717, 1.165) is 0 Å². The van der Waals surface area contributed by atoms with E-state index in [1.807, 2.05) is 0 Å². The topological polar surface area (TPSA) is 102 Å². The number of H-pyrrole nitrogens is 1. The maximum absolute atomic E-state index is 10.8. The molecule has 4 N–H and O–H groups in total. The second-order valence-corrected chi connectivity index (χ2v) is 2.18. The number of nitrogens with one attached hydrogen (secondary N) is 2. The van der Waals surface area contributed by atoms with Crippen molar-refractivity contribution in [1.82, 2.24) is 19.9 Å². The molecule has 2 aromatic heterocycles. The van der Waals surface area contributed by atoms with Gasteiger partial charge in [0.1, 0.15) is 0 Å². The van der Waals surface area contributed by atoms with Gasteiger partial charge in [0.15, 0.2) is 5.65 Å². The Hall–Kier alpha value is -1.89. The van der Waals surface area contributed by atoms with Crippen LogP contribution in [0.4, 0.5) is 0 Å². The van der Waals surface area contributed by atoms with Crippen molar-refractivity contribution >= 4 is 11.0 Å². The Morgan fingerprint density at radius 2 is 2.42 bits per heavy atom. The van der Waals surface area contributed by atoms with E-state index in [1.165, 1.54) is 17.2 Å². The Labute approximate surface area is 66.2 Å². The summed E-state index contributed by atoms with van der Waals surface area (Å²) in [6, 6.07) is 0. The molecule has 2 heterocycles. The van der Waals surface area contributed by atoms with E-state index in [2.05, 4.69) is 20.6 Å². The van der Waals surface area contributed by atoms with Gasteiger partial charge in [-0.05, 0) is 0 Å². The zero-order chi connectivity index (χ0) is 8.55. The zero-order valence-corrected chi connectivity index (χ0v) is 5.98. The molecule has 12 heavy (non-hydrogen) atoms. The Balaban J connectivity index is 2.84. The Bertz CT molecular complexity index is 456. The van der Waals surface area contributed by atoms with Gasteiger partial charge < -0.3 is 0 Å². The highest BCUT2D eigenvalue weighted by molar-refractivity contribution is 5.72. The number of hydrogen-bond acceptors (Lipinski definition) is 5. The predicted octanol–water partition coefficient (Wildman–Crippen LogP) is -1.46. The summed E-state index contributed by atoms with van der Waals surface area (Å²) in [6.07, 6.45) is 2.97. The second kappa shape index (κ2) is 2.31. The third-order valence-electron chi connectivity index (χ3n) is 1.47. The summed E-state index contributed by atoms with van der Waals surface area (Å²) < 4.78 is 0. The molecular formula is C5H6N6O. The first-order valence-electron chi connectivity index (χ1n) is 3.21. The highest BCUT2D eigenvalue weighted by Gasteiger charge is 2.00. The fourth-order valence-corrected chi connectivity index (χ4v) is 0.940. The second-order valence-electron chi connectivity index (χ2n) is 2.18. The smallest absolute Gasteiger partial charge is 0.288 e. The third-order valence-corrected chi connectivity index (χ3v) is 1.47. The number of fused-ring (bicyclic) bond motifs is 1. The fraction of sp³-hybridized carbons (Fsp3) is 0. The van der Waals surface area contributed by atoms with E-state index in [1.54, 1.807) is 0 Å². The summed E-state index contributed by atoms with van der Waals surface area (Å²) in [7, 11) is 0. The van der Waals surface area contributed by atoms with Crippen LogP contribution in [0, 0.1) is 0 Å². The molecule has 0 unspecified atom stereocenters. The normalized spacial score (nSPS) is 10.4. The van der Waals surface area contributed by atoms with Crippen LogP contribution in [-0.2, 0) is 0 Å². The van der Waals surface area contributed by atoms with Gasteiger partial charge in [-0.2, -0.15) is 5.10 Å². The standard InChI is InChI=1S/C5H6N6O/c6-10-11-4-3(2-8-11)1-7-5(12)9-4/h1-2,10H,6H2,(H,7,9,12). The monoisotopic (exact) mass is 166 g/mol. The van der Waals surface area contributed by atoms with Gasteiger partial charge in [-0.3, -0.25) is 4.98 Å². The van der Waals surface area contributed by atoms with Crippen LogP contribution in [-0.4, -0.2) is 19.9 Å². The van der Waals surface area contributed by atoms with E-state index in [4.69, 9.17) is 5.84 Å². The summed E-state index contributed by atoms with van der Waals surface area (Å²) in [4.78, 5) is 18.0. The number of rotatable bonds is 1. The van der Waals surface area contributed by atoms with E-state index in [-0.39, 0.29) is 0 Å². The maximum Gasteiger partial charge on any atom is 0.346 e. The minimum Gasteiger partial charge on any atom is -0.288 e. The molecular weight excluding hydrogens is 160 g/mol. The predicted molar refractivity (Wildman–Crippen MR) is 41.7 cm³/mol. The molecule has 7 nitrogen and oxygen atoms in total. The fourth-order valence-electron chi connectivity index (χ4n) is 0.940. The van der Waals surface area contributed by atoms with Crippen molar-refractivity contribution in [2.45, 2.75) is 0 Å². The number of nitrogen functional groups attached to an aromatic ring is 1. The number of nitrogens with zero attached hydrogens (tertiary/aromatic N) is 3. The first-order chi connectivity index (χ1) is 5.81.